The number of aliphatic carboxylic acids is 1. The molecule has 0 saturated carbocycles. The Morgan fingerprint density at radius 1 is 1.08 bits per heavy atom. The van der Waals surface area contributed by atoms with E-state index in [4.69, 9.17) is 0 Å². The summed E-state index contributed by atoms with van der Waals surface area (Å²) in [5.41, 5.74) is 2.88. The molecule has 2 heterocycles. The van der Waals surface area contributed by atoms with Gasteiger partial charge in [0.1, 0.15) is 11.9 Å². The van der Waals surface area contributed by atoms with Crippen molar-refractivity contribution < 1.29 is 9.90 Å². The number of carboxylic acid groups (broad SMARTS) is 1. The molecule has 0 spiro atoms. The summed E-state index contributed by atoms with van der Waals surface area (Å²) in [5.74, 6) is -0.121. The number of benzene rings is 1. The quantitative estimate of drug-likeness (QED) is 0.543. The van der Waals surface area contributed by atoms with Crippen LogP contribution in [0.3, 0.4) is 0 Å². The number of aromatic nitrogens is 4. The SMILES string of the molecule is O=C(O)[C@@H](Cc1cnc[nH]1)NCc1cnc(CCc2ccccc2)nc1. The van der Waals surface area contributed by atoms with Gasteiger partial charge in [0.25, 0.3) is 0 Å². The van der Waals surface area contributed by atoms with Gasteiger partial charge in [0.05, 0.1) is 6.33 Å². The van der Waals surface area contributed by atoms with Crippen LogP contribution >= 0.6 is 0 Å². The Balaban J connectivity index is 1.50. The molecule has 2 aromatic heterocycles. The first-order chi connectivity index (χ1) is 12.7. The summed E-state index contributed by atoms with van der Waals surface area (Å²) in [6, 6.07) is 9.51. The number of hydrogen-bond acceptors (Lipinski definition) is 5. The lowest BCUT2D eigenvalue weighted by Gasteiger charge is -2.13. The van der Waals surface area contributed by atoms with Crippen molar-refractivity contribution in [2.45, 2.75) is 31.8 Å². The lowest BCUT2D eigenvalue weighted by molar-refractivity contribution is -0.139. The maximum atomic E-state index is 11.4. The number of nitrogens with zero attached hydrogens (tertiary/aromatic N) is 3. The van der Waals surface area contributed by atoms with Crippen molar-refractivity contribution in [2.24, 2.45) is 0 Å². The normalized spacial score (nSPS) is 12.0. The van der Waals surface area contributed by atoms with Crippen molar-refractivity contribution in [1.29, 1.82) is 0 Å². The van der Waals surface area contributed by atoms with Crippen LogP contribution in [0.5, 0.6) is 0 Å². The van der Waals surface area contributed by atoms with Crippen LogP contribution in [0.25, 0.3) is 0 Å². The lowest BCUT2D eigenvalue weighted by atomic mass is 10.1. The summed E-state index contributed by atoms with van der Waals surface area (Å²) < 4.78 is 0. The molecule has 1 atom stereocenters. The highest BCUT2D eigenvalue weighted by molar-refractivity contribution is 5.73. The molecule has 0 bridgehead atoms. The Bertz CT molecular complexity index is 804. The number of hydrogen-bond donors (Lipinski definition) is 3. The average molecular weight is 351 g/mol. The van der Waals surface area contributed by atoms with Crippen molar-refractivity contribution >= 4 is 5.97 Å². The maximum Gasteiger partial charge on any atom is 0.321 e. The summed E-state index contributed by atoms with van der Waals surface area (Å²) in [5, 5.41) is 12.4. The molecule has 3 aromatic rings. The first-order valence-corrected chi connectivity index (χ1v) is 8.48. The summed E-state index contributed by atoms with van der Waals surface area (Å²) in [4.78, 5) is 27.0. The van der Waals surface area contributed by atoms with Crippen LogP contribution in [0.15, 0.2) is 55.2 Å². The fraction of sp³-hybridized carbons (Fsp3) is 0.263. The van der Waals surface area contributed by atoms with E-state index < -0.39 is 12.0 Å². The molecule has 7 heteroatoms. The lowest BCUT2D eigenvalue weighted by Crippen LogP contribution is -2.38. The molecule has 26 heavy (non-hydrogen) atoms. The van der Waals surface area contributed by atoms with E-state index in [2.05, 4.69) is 37.4 Å². The zero-order valence-corrected chi connectivity index (χ0v) is 14.3. The summed E-state index contributed by atoms with van der Waals surface area (Å²) >= 11 is 0. The molecule has 0 aliphatic carbocycles. The number of aromatic amines is 1. The molecule has 3 N–H and O–H groups in total. The van der Waals surface area contributed by atoms with Gasteiger partial charge in [-0.1, -0.05) is 30.3 Å². The van der Waals surface area contributed by atoms with Gasteiger partial charge in [0.2, 0.25) is 0 Å². The third-order valence-corrected chi connectivity index (χ3v) is 4.07. The average Bonchev–Trinajstić information content (AvgIpc) is 3.18. The highest BCUT2D eigenvalue weighted by atomic mass is 16.4. The van der Waals surface area contributed by atoms with Gasteiger partial charge >= 0.3 is 5.97 Å². The minimum Gasteiger partial charge on any atom is -0.480 e. The van der Waals surface area contributed by atoms with Crippen molar-refractivity contribution in [3.05, 3.63) is 77.9 Å². The Morgan fingerprint density at radius 2 is 1.85 bits per heavy atom. The Morgan fingerprint density at radius 3 is 2.50 bits per heavy atom. The number of carbonyl (C=O) groups is 1. The Labute approximate surface area is 151 Å². The van der Waals surface area contributed by atoms with Crippen LogP contribution in [0.1, 0.15) is 22.6 Å². The zero-order chi connectivity index (χ0) is 18.2. The third-order valence-electron chi connectivity index (χ3n) is 4.07. The van der Waals surface area contributed by atoms with Gasteiger partial charge in [-0.25, -0.2) is 15.0 Å². The van der Waals surface area contributed by atoms with Crippen LogP contribution in [-0.4, -0.2) is 37.1 Å². The molecule has 0 saturated heterocycles. The van der Waals surface area contributed by atoms with Crippen molar-refractivity contribution in [3.63, 3.8) is 0 Å². The molecular weight excluding hydrogens is 330 g/mol. The standard InChI is InChI=1S/C19H21N5O2/c25-19(26)17(8-16-12-20-13-24-16)21-9-15-10-22-18(23-11-15)7-6-14-4-2-1-3-5-14/h1-5,10-13,17,21H,6-9H2,(H,20,24)(H,25,26)/t17-/m1/s1. The van der Waals surface area contributed by atoms with E-state index in [0.717, 1.165) is 29.9 Å². The van der Waals surface area contributed by atoms with Crippen molar-refractivity contribution in [1.82, 2.24) is 25.3 Å². The van der Waals surface area contributed by atoms with Crippen LogP contribution in [0, 0.1) is 0 Å². The molecule has 0 amide bonds. The van der Waals surface area contributed by atoms with E-state index in [9.17, 15) is 9.90 Å². The first-order valence-electron chi connectivity index (χ1n) is 8.48. The summed E-state index contributed by atoms with van der Waals surface area (Å²) in [6.07, 6.45) is 8.66. The maximum absolute atomic E-state index is 11.4. The second kappa shape index (κ2) is 8.87. The van der Waals surface area contributed by atoms with E-state index in [1.165, 1.54) is 11.9 Å². The molecule has 3 rings (SSSR count). The number of imidazole rings is 1. The minimum absolute atomic E-state index is 0.339. The Hall–Kier alpha value is -3.06. The number of rotatable bonds is 9. The molecule has 0 aliphatic rings. The Kier molecular flexibility index (Phi) is 6.05. The highest BCUT2D eigenvalue weighted by Gasteiger charge is 2.18. The van der Waals surface area contributed by atoms with Crippen molar-refractivity contribution in [2.75, 3.05) is 0 Å². The van der Waals surface area contributed by atoms with E-state index in [0.29, 0.717) is 13.0 Å². The molecule has 1 aromatic carbocycles. The molecule has 0 fully saturated rings. The fourth-order valence-electron chi connectivity index (χ4n) is 2.61. The van der Waals surface area contributed by atoms with Crippen LogP contribution < -0.4 is 5.32 Å². The van der Waals surface area contributed by atoms with Crippen LogP contribution in [-0.2, 0) is 30.6 Å². The number of nitrogens with one attached hydrogen (secondary N) is 2. The molecule has 134 valence electrons. The predicted octanol–water partition coefficient (Wildman–Crippen LogP) is 1.77. The summed E-state index contributed by atoms with van der Waals surface area (Å²) in [7, 11) is 0. The largest absolute Gasteiger partial charge is 0.480 e. The topological polar surface area (TPSA) is 104 Å². The van der Waals surface area contributed by atoms with Gasteiger partial charge in [-0.2, -0.15) is 0 Å². The summed E-state index contributed by atoms with van der Waals surface area (Å²) in [6.45, 7) is 0.393. The molecule has 7 nitrogen and oxygen atoms in total. The first kappa shape index (κ1) is 17.8. The second-order valence-corrected chi connectivity index (χ2v) is 6.05. The van der Waals surface area contributed by atoms with Crippen LogP contribution in [0.2, 0.25) is 0 Å². The van der Waals surface area contributed by atoms with Gasteiger partial charge < -0.3 is 10.1 Å². The highest BCUT2D eigenvalue weighted by Crippen LogP contribution is 2.05. The number of aryl methyl sites for hydroxylation is 2. The van der Waals surface area contributed by atoms with Gasteiger partial charge in [0, 0.05) is 49.2 Å². The molecular formula is C19H21N5O2. The van der Waals surface area contributed by atoms with Crippen molar-refractivity contribution in [3.8, 4) is 0 Å². The monoisotopic (exact) mass is 351 g/mol. The molecule has 0 radical (unpaired) electrons. The van der Waals surface area contributed by atoms with E-state index in [1.807, 2.05) is 18.2 Å². The molecule has 0 aliphatic heterocycles. The number of H-pyrrole nitrogens is 1. The van der Waals surface area contributed by atoms with Crippen LogP contribution in [0.4, 0.5) is 0 Å². The van der Waals surface area contributed by atoms with Gasteiger partial charge in [-0.3, -0.25) is 10.1 Å². The third kappa shape index (κ3) is 5.22. The smallest absolute Gasteiger partial charge is 0.321 e. The molecule has 0 unspecified atom stereocenters. The number of carboxylic acids is 1. The van der Waals surface area contributed by atoms with Gasteiger partial charge in [-0.15, -0.1) is 0 Å². The minimum atomic E-state index is -0.903. The van der Waals surface area contributed by atoms with E-state index >= 15 is 0 Å². The zero-order valence-electron chi connectivity index (χ0n) is 14.3. The van der Waals surface area contributed by atoms with Gasteiger partial charge in [0.15, 0.2) is 0 Å². The predicted molar refractivity (Wildman–Crippen MR) is 96.4 cm³/mol. The van der Waals surface area contributed by atoms with E-state index in [-0.39, 0.29) is 0 Å². The second-order valence-electron chi connectivity index (χ2n) is 6.05. The van der Waals surface area contributed by atoms with Gasteiger partial charge in [-0.05, 0) is 12.0 Å². The fourth-order valence-corrected chi connectivity index (χ4v) is 2.61. The van der Waals surface area contributed by atoms with E-state index in [1.54, 1.807) is 18.6 Å².